The number of anilines is 1. The molecule has 1 unspecified atom stereocenters. The van der Waals surface area contributed by atoms with Crippen LogP contribution in [0.3, 0.4) is 0 Å². The van der Waals surface area contributed by atoms with Gasteiger partial charge >= 0.3 is 0 Å². The molecule has 0 radical (unpaired) electrons. The zero-order valence-electron chi connectivity index (χ0n) is 13.9. The van der Waals surface area contributed by atoms with Gasteiger partial charge in [-0.15, -0.1) is 0 Å². The minimum Gasteiger partial charge on any atom is -0.300 e. The number of amides is 1. The molecule has 0 aliphatic carbocycles. The van der Waals surface area contributed by atoms with Crippen LogP contribution in [0.5, 0.6) is 0 Å². The van der Waals surface area contributed by atoms with Crippen LogP contribution in [0.2, 0.25) is 0 Å². The standard InChI is InChI=1S/C18H16N2O5S/c1-13-3-2-4-16(11-13)19(17-9-10-26(24,25)12-17)18(21)14-5-7-15(8-6-14)20(22)23/h2-11,17H,12H2,1H3. The number of nitro benzene ring substituents is 1. The molecule has 0 saturated heterocycles. The van der Waals surface area contributed by atoms with Gasteiger partial charge in [0.15, 0.2) is 9.84 Å². The van der Waals surface area contributed by atoms with E-state index < -0.39 is 26.7 Å². The largest absolute Gasteiger partial charge is 0.300 e. The van der Waals surface area contributed by atoms with E-state index in [-0.39, 0.29) is 17.0 Å². The Bertz CT molecular complexity index is 996. The summed E-state index contributed by atoms with van der Waals surface area (Å²) in [7, 11) is -3.36. The number of hydrogen-bond acceptors (Lipinski definition) is 5. The van der Waals surface area contributed by atoms with Crippen LogP contribution in [0.15, 0.2) is 60.0 Å². The van der Waals surface area contributed by atoms with Gasteiger partial charge in [-0.05, 0) is 42.8 Å². The molecule has 7 nitrogen and oxygen atoms in total. The molecule has 134 valence electrons. The van der Waals surface area contributed by atoms with E-state index >= 15 is 0 Å². The van der Waals surface area contributed by atoms with Gasteiger partial charge in [0.1, 0.15) is 0 Å². The number of nitro groups is 1. The molecular weight excluding hydrogens is 356 g/mol. The van der Waals surface area contributed by atoms with Crippen LogP contribution in [0.25, 0.3) is 0 Å². The van der Waals surface area contributed by atoms with Crippen LogP contribution >= 0.6 is 0 Å². The average molecular weight is 372 g/mol. The molecule has 2 aromatic carbocycles. The van der Waals surface area contributed by atoms with E-state index in [1.807, 2.05) is 13.0 Å². The third-order valence-electron chi connectivity index (χ3n) is 4.07. The molecule has 0 bridgehead atoms. The van der Waals surface area contributed by atoms with Gasteiger partial charge < -0.3 is 4.90 Å². The Balaban J connectivity index is 2.01. The monoisotopic (exact) mass is 372 g/mol. The number of aryl methyl sites for hydroxylation is 1. The van der Waals surface area contributed by atoms with Crippen molar-refractivity contribution in [3.05, 3.63) is 81.3 Å². The molecule has 2 aromatic rings. The van der Waals surface area contributed by atoms with Crippen molar-refractivity contribution in [1.82, 2.24) is 0 Å². The zero-order valence-corrected chi connectivity index (χ0v) is 14.7. The molecule has 0 spiro atoms. The van der Waals surface area contributed by atoms with Crippen LogP contribution in [-0.4, -0.2) is 31.0 Å². The van der Waals surface area contributed by atoms with Crippen LogP contribution in [0.1, 0.15) is 15.9 Å². The molecule has 3 rings (SSSR count). The van der Waals surface area contributed by atoms with E-state index in [4.69, 9.17) is 0 Å². The van der Waals surface area contributed by atoms with Gasteiger partial charge in [0.05, 0.1) is 16.7 Å². The lowest BCUT2D eigenvalue weighted by Crippen LogP contribution is -2.41. The fourth-order valence-electron chi connectivity index (χ4n) is 2.82. The van der Waals surface area contributed by atoms with Crippen LogP contribution in [0, 0.1) is 17.0 Å². The quantitative estimate of drug-likeness (QED) is 0.607. The molecule has 1 aliphatic heterocycles. The van der Waals surface area contributed by atoms with Crippen molar-refractivity contribution in [1.29, 1.82) is 0 Å². The van der Waals surface area contributed by atoms with E-state index in [0.717, 1.165) is 11.0 Å². The Kier molecular flexibility index (Phi) is 4.60. The number of benzene rings is 2. The predicted molar refractivity (Wildman–Crippen MR) is 97.8 cm³/mol. The molecule has 0 N–H and O–H groups in total. The summed E-state index contributed by atoms with van der Waals surface area (Å²) in [5.74, 6) is -0.614. The van der Waals surface area contributed by atoms with Crippen molar-refractivity contribution in [2.45, 2.75) is 13.0 Å². The van der Waals surface area contributed by atoms with Crippen molar-refractivity contribution in [2.24, 2.45) is 0 Å². The Morgan fingerprint density at radius 2 is 1.88 bits per heavy atom. The lowest BCUT2D eigenvalue weighted by atomic mass is 10.1. The van der Waals surface area contributed by atoms with Crippen molar-refractivity contribution in [3.8, 4) is 0 Å². The summed E-state index contributed by atoms with van der Waals surface area (Å²) in [4.78, 5) is 24.7. The number of carbonyl (C=O) groups is 1. The highest BCUT2D eigenvalue weighted by molar-refractivity contribution is 7.94. The maximum absolute atomic E-state index is 13.1. The van der Waals surface area contributed by atoms with Crippen molar-refractivity contribution in [2.75, 3.05) is 10.7 Å². The number of non-ortho nitro benzene ring substituents is 1. The molecule has 8 heteroatoms. The van der Waals surface area contributed by atoms with Crippen LogP contribution < -0.4 is 4.90 Å². The maximum atomic E-state index is 13.1. The second kappa shape index (κ2) is 6.72. The predicted octanol–water partition coefficient (Wildman–Crippen LogP) is 2.86. The highest BCUT2D eigenvalue weighted by Gasteiger charge is 2.32. The molecule has 1 amide bonds. The minimum atomic E-state index is -3.36. The number of nitrogens with zero attached hydrogens (tertiary/aromatic N) is 2. The van der Waals surface area contributed by atoms with Gasteiger partial charge in [0.25, 0.3) is 11.6 Å². The lowest BCUT2D eigenvalue weighted by Gasteiger charge is -2.28. The molecule has 1 heterocycles. The van der Waals surface area contributed by atoms with Gasteiger partial charge in [0.2, 0.25) is 0 Å². The number of carbonyl (C=O) groups excluding carboxylic acids is 1. The molecular formula is C18H16N2O5S. The molecule has 1 atom stereocenters. The maximum Gasteiger partial charge on any atom is 0.269 e. The molecule has 0 saturated carbocycles. The van der Waals surface area contributed by atoms with E-state index in [9.17, 15) is 23.3 Å². The smallest absolute Gasteiger partial charge is 0.269 e. The Morgan fingerprint density at radius 1 is 1.19 bits per heavy atom. The summed E-state index contributed by atoms with van der Waals surface area (Å²) in [6.07, 6.45) is 1.49. The second-order valence-corrected chi connectivity index (χ2v) is 7.97. The van der Waals surface area contributed by atoms with Crippen molar-refractivity contribution >= 4 is 27.1 Å². The zero-order chi connectivity index (χ0) is 18.9. The first-order valence-corrected chi connectivity index (χ1v) is 9.54. The lowest BCUT2D eigenvalue weighted by molar-refractivity contribution is -0.384. The minimum absolute atomic E-state index is 0.119. The van der Waals surface area contributed by atoms with Crippen LogP contribution in [-0.2, 0) is 9.84 Å². The third-order valence-corrected chi connectivity index (χ3v) is 5.44. The normalized spacial score (nSPS) is 17.8. The topological polar surface area (TPSA) is 97.6 Å². The fraction of sp³-hybridized carbons (Fsp3) is 0.167. The first-order valence-electron chi connectivity index (χ1n) is 7.82. The fourth-order valence-corrected chi connectivity index (χ4v) is 4.09. The summed E-state index contributed by atoms with van der Waals surface area (Å²) in [5.41, 5.74) is 1.62. The summed E-state index contributed by atoms with van der Waals surface area (Å²) < 4.78 is 23.6. The molecule has 0 fully saturated rings. The molecule has 1 aliphatic rings. The third kappa shape index (κ3) is 3.65. The van der Waals surface area contributed by atoms with Gasteiger partial charge in [-0.3, -0.25) is 14.9 Å². The summed E-state index contributed by atoms with van der Waals surface area (Å²) in [5, 5.41) is 11.9. The summed E-state index contributed by atoms with van der Waals surface area (Å²) >= 11 is 0. The molecule has 26 heavy (non-hydrogen) atoms. The van der Waals surface area contributed by atoms with Gasteiger partial charge in [-0.25, -0.2) is 8.42 Å². The van der Waals surface area contributed by atoms with E-state index in [0.29, 0.717) is 5.69 Å². The SMILES string of the molecule is Cc1cccc(N(C(=O)c2ccc([N+](=O)[O-])cc2)C2C=CS(=O)(=O)C2)c1. The van der Waals surface area contributed by atoms with Gasteiger partial charge in [-0.2, -0.15) is 0 Å². The average Bonchev–Trinajstić information content (AvgIpc) is 2.94. The Morgan fingerprint density at radius 3 is 2.42 bits per heavy atom. The van der Waals surface area contributed by atoms with Crippen LogP contribution in [0.4, 0.5) is 11.4 Å². The van der Waals surface area contributed by atoms with E-state index in [1.54, 1.807) is 18.2 Å². The Hall–Kier alpha value is -3.00. The summed E-state index contributed by atoms with van der Waals surface area (Å²) in [6, 6.07) is 11.8. The van der Waals surface area contributed by atoms with E-state index in [2.05, 4.69) is 0 Å². The highest BCUT2D eigenvalue weighted by atomic mass is 32.2. The van der Waals surface area contributed by atoms with Gasteiger partial charge in [-0.1, -0.05) is 12.1 Å². The number of rotatable bonds is 4. The number of hydrogen-bond donors (Lipinski definition) is 0. The first kappa shape index (κ1) is 17.8. The highest BCUT2D eigenvalue weighted by Crippen LogP contribution is 2.26. The Labute approximate surface area is 150 Å². The number of sulfone groups is 1. The van der Waals surface area contributed by atoms with Crippen molar-refractivity contribution < 1.29 is 18.1 Å². The summed E-state index contributed by atoms with van der Waals surface area (Å²) in [6.45, 7) is 1.87. The molecule has 0 aromatic heterocycles. The van der Waals surface area contributed by atoms with Crippen molar-refractivity contribution in [3.63, 3.8) is 0 Å². The second-order valence-electron chi connectivity index (χ2n) is 6.04. The first-order chi connectivity index (χ1) is 12.3. The van der Waals surface area contributed by atoms with Gasteiger partial charge in [0, 0.05) is 28.8 Å². The van der Waals surface area contributed by atoms with E-state index in [1.165, 1.54) is 35.2 Å².